The van der Waals surface area contributed by atoms with Crippen LogP contribution in [-0.4, -0.2) is 42.5 Å². The molecule has 1 saturated heterocycles. The molecule has 1 atom stereocenters. The van der Waals surface area contributed by atoms with E-state index in [-0.39, 0.29) is 12.0 Å². The Bertz CT molecular complexity index is 432. The fraction of sp³-hybridized carbons (Fsp3) is 0.462. The number of alkyl halides is 1. The van der Waals surface area contributed by atoms with Crippen molar-refractivity contribution in [3.8, 4) is 0 Å². The standard InChI is InChI=1S/C13H15BrClNO2/c1-9-4-10(6-11(14)5-9)13(17)16-2-3-18-12(7-15)8-16/h4-6,12H,2-3,7-8H2,1H3. The highest BCUT2D eigenvalue weighted by Crippen LogP contribution is 2.18. The molecule has 2 rings (SSSR count). The quantitative estimate of drug-likeness (QED) is 0.780. The number of benzene rings is 1. The zero-order chi connectivity index (χ0) is 13.1. The zero-order valence-corrected chi connectivity index (χ0v) is 12.5. The Morgan fingerprint density at radius 1 is 1.56 bits per heavy atom. The van der Waals surface area contributed by atoms with E-state index in [1.807, 2.05) is 25.1 Å². The summed E-state index contributed by atoms with van der Waals surface area (Å²) < 4.78 is 6.38. The predicted molar refractivity (Wildman–Crippen MR) is 75.2 cm³/mol. The van der Waals surface area contributed by atoms with Gasteiger partial charge in [0.05, 0.1) is 18.6 Å². The molecule has 0 saturated carbocycles. The normalized spacial score (nSPS) is 19.9. The molecule has 1 aromatic carbocycles. The Kier molecular flexibility index (Phi) is 4.65. The largest absolute Gasteiger partial charge is 0.373 e. The summed E-state index contributed by atoms with van der Waals surface area (Å²) in [6.07, 6.45) is -0.0578. The number of hydrogen-bond acceptors (Lipinski definition) is 2. The molecule has 5 heteroatoms. The first kappa shape index (κ1) is 13.8. The Hall–Kier alpha value is -0.580. The zero-order valence-electron chi connectivity index (χ0n) is 10.2. The van der Waals surface area contributed by atoms with E-state index < -0.39 is 0 Å². The predicted octanol–water partition coefficient (Wildman–Crippen LogP) is 2.84. The second-order valence-corrected chi connectivity index (χ2v) is 5.64. The molecule has 0 aromatic heterocycles. The maximum atomic E-state index is 12.4. The summed E-state index contributed by atoms with van der Waals surface area (Å²) in [6, 6.07) is 5.73. The lowest BCUT2D eigenvalue weighted by Crippen LogP contribution is -2.46. The molecule has 1 aliphatic heterocycles. The molecule has 1 heterocycles. The van der Waals surface area contributed by atoms with Gasteiger partial charge in [0.1, 0.15) is 0 Å². The van der Waals surface area contributed by atoms with E-state index >= 15 is 0 Å². The van der Waals surface area contributed by atoms with Gasteiger partial charge >= 0.3 is 0 Å². The monoisotopic (exact) mass is 331 g/mol. The second-order valence-electron chi connectivity index (χ2n) is 4.42. The molecular formula is C13H15BrClNO2. The number of ether oxygens (including phenoxy) is 1. The smallest absolute Gasteiger partial charge is 0.254 e. The molecule has 1 unspecified atom stereocenters. The van der Waals surface area contributed by atoms with Crippen molar-refractivity contribution < 1.29 is 9.53 Å². The van der Waals surface area contributed by atoms with E-state index in [0.717, 1.165) is 10.0 Å². The molecule has 0 aliphatic carbocycles. The Morgan fingerprint density at radius 2 is 2.33 bits per heavy atom. The molecule has 1 aliphatic rings. The van der Waals surface area contributed by atoms with Gasteiger partial charge in [-0.1, -0.05) is 15.9 Å². The van der Waals surface area contributed by atoms with Crippen molar-refractivity contribution in [2.24, 2.45) is 0 Å². The number of hydrogen-bond donors (Lipinski definition) is 0. The van der Waals surface area contributed by atoms with Crippen molar-refractivity contribution in [1.82, 2.24) is 4.90 Å². The highest BCUT2D eigenvalue weighted by Gasteiger charge is 2.24. The van der Waals surface area contributed by atoms with Gasteiger partial charge in [0, 0.05) is 23.1 Å². The minimum absolute atomic E-state index is 0.0396. The van der Waals surface area contributed by atoms with Crippen molar-refractivity contribution in [3.05, 3.63) is 33.8 Å². The summed E-state index contributed by atoms with van der Waals surface area (Å²) in [5, 5.41) is 0. The molecule has 0 bridgehead atoms. The van der Waals surface area contributed by atoms with Crippen LogP contribution in [0, 0.1) is 6.92 Å². The average Bonchev–Trinajstić information content (AvgIpc) is 2.37. The van der Waals surface area contributed by atoms with E-state index in [9.17, 15) is 4.79 Å². The SMILES string of the molecule is Cc1cc(Br)cc(C(=O)N2CCOC(CCl)C2)c1. The molecule has 1 aromatic rings. The lowest BCUT2D eigenvalue weighted by atomic mass is 10.1. The van der Waals surface area contributed by atoms with Crippen LogP contribution in [0.4, 0.5) is 0 Å². The summed E-state index contributed by atoms with van der Waals surface area (Å²) in [5.41, 5.74) is 1.77. The molecule has 1 amide bonds. The molecular weight excluding hydrogens is 318 g/mol. The second kappa shape index (κ2) is 6.04. The van der Waals surface area contributed by atoms with Gasteiger partial charge in [-0.3, -0.25) is 4.79 Å². The van der Waals surface area contributed by atoms with Crippen LogP contribution in [0.1, 0.15) is 15.9 Å². The third-order valence-corrected chi connectivity index (χ3v) is 3.69. The van der Waals surface area contributed by atoms with E-state index in [1.54, 1.807) is 4.90 Å². The first-order valence-corrected chi connectivity index (χ1v) is 7.17. The Morgan fingerprint density at radius 3 is 3.00 bits per heavy atom. The van der Waals surface area contributed by atoms with Gasteiger partial charge in [-0.05, 0) is 30.7 Å². The highest BCUT2D eigenvalue weighted by atomic mass is 79.9. The number of carbonyl (C=O) groups excluding carboxylic acids is 1. The lowest BCUT2D eigenvalue weighted by Gasteiger charge is -2.32. The van der Waals surface area contributed by atoms with Crippen molar-refractivity contribution in [3.63, 3.8) is 0 Å². The number of aryl methyl sites for hydroxylation is 1. The molecule has 0 radical (unpaired) electrons. The number of carbonyl (C=O) groups is 1. The van der Waals surface area contributed by atoms with Gasteiger partial charge in [-0.25, -0.2) is 0 Å². The van der Waals surface area contributed by atoms with Crippen molar-refractivity contribution in [2.45, 2.75) is 13.0 Å². The number of rotatable bonds is 2. The van der Waals surface area contributed by atoms with E-state index in [0.29, 0.717) is 31.1 Å². The number of morpholine rings is 1. The summed E-state index contributed by atoms with van der Waals surface area (Å²) >= 11 is 9.19. The number of nitrogens with zero attached hydrogens (tertiary/aromatic N) is 1. The first-order valence-electron chi connectivity index (χ1n) is 5.84. The first-order chi connectivity index (χ1) is 8.60. The van der Waals surface area contributed by atoms with Crippen molar-refractivity contribution >= 4 is 33.4 Å². The van der Waals surface area contributed by atoms with Crippen molar-refractivity contribution in [1.29, 1.82) is 0 Å². The lowest BCUT2D eigenvalue weighted by molar-refractivity contribution is -0.0108. The van der Waals surface area contributed by atoms with Crippen molar-refractivity contribution in [2.75, 3.05) is 25.6 Å². The highest BCUT2D eigenvalue weighted by molar-refractivity contribution is 9.10. The summed E-state index contributed by atoms with van der Waals surface area (Å²) in [4.78, 5) is 14.2. The summed E-state index contributed by atoms with van der Waals surface area (Å²) in [5.74, 6) is 0.458. The Balaban J connectivity index is 2.15. The van der Waals surface area contributed by atoms with Gasteiger partial charge in [-0.15, -0.1) is 11.6 Å². The van der Waals surface area contributed by atoms with Gasteiger partial charge in [0.25, 0.3) is 5.91 Å². The van der Waals surface area contributed by atoms with Gasteiger partial charge in [-0.2, -0.15) is 0 Å². The summed E-state index contributed by atoms with van der Waals surface area (Å²) in [6.45, 7) is 3.71. The molecule has 18 heavy (non-hydrogen) atoms. The molecule has 98 valence electrons. The fourth-order valence-corrected chi connectivity index (χ4v) is 2.83. The van der Waals surface area contributed by atoms with Crippen LogP contribution in [0.5, 0.6) is 0 Å². The van der Waals surface area contributed by atoms with Crippen LogP contribution in [0.2, 0.25) is 0 Å². The maximum absolute atomic E-state index is 12.4. The molecule has 1 fully saturated rings. The average molecular weight is 333 g/mol. The molecule has 0 N–H and O–H groups in total. The van der Waals surface area contributed by atoms with Gasteiger partial charge in [0.2, 0.25) is 0 Å². The van der Waals surface area contributed by atoms with Crippen LogP contribution in [-0.2, 0) is 4.74 Å². The fourth-order valence-electron chi connectivity index (χ4n) is 2.04. The Labute approximate surface area is 120 Å². The number of amides is 1. The van der Waals surface area contributed by atoms with Gasteiger partial charge in [0.15, 0.2) is 0 Å². The van der Waals surface area contributed by atoms with Crippen LogP contribution >= 0.6 is 27.5 Å². The third kappa shape index (κ3) is 3.25. The third-order valence-electron chi connectivity index (χ3n) is 2.89. The molecule has 0 spiro atoms. The van der Waals surface area contributed by atoms with Crippen LogP contribution in [0.25, 0.3) is 0 Å². The van der Waals surface area contributed by atoms with Crippen LogP contribution < -0.4 is 0 Å². The van der Waals surface area contributed by atoms with E-state index in [4.69, 9.17) is 16.3 Å². The van der Waals surface area contributed by atoms with E-state index in [1.165, 1.54) is 0 Å². The topological polar surface area (TPSA) is 29.5 Å². The minimum Gasteiger partial charge on any atom is -0.373 e. The van der Waals surface area contributed by atoms with E-state index in [2.05, 4.69) is 15.9 Å². The minimum atomic E-state index is -0.0578. The maximum Gasteiger partial charge on any atom is 0.254 e. The summed E-state index contributed by atoms with van der Waals surface area (Å²) in [7, 11) is 0. The van der Waals surface area contributed by atoms with Gasteiger partial charge < -0.3 is 9.64 Å². The van der Waals surface area contributed by atoms with Crippen LogP contribution in [0.15, 0.2) is 22.7 Å². The molecule has 3 nitrogen and oxygen atoms in total. The number of halogens is 2. The van der Waals surface area contributed by atoms with Crippen LogP contribution in [0.3, 0.4) is 0 Å².